The maximum atomic E-state index is 5.71. The van der Waals surface area contributed by atoms with Crippen molar-refractivity contribution >= 4 is 24.0 Å². The molecule has 3 nitrogen and oxygen atoms in total. The van der Waals surface area contributed by atoms with Gasteiger partial charge in [0.15, 0.2) is 0 Å². The fourth-order valence-corrected chi connectivity index (χ4v) is 1.89. The van der Waals surface area contributed by atoms with Crippen molar-refractivity contribution in [3.8, 4) is 0 Å². The van der Waals surface area contributed by atoms with Crippen LogP contribution in [0.4, 0.5) is 0 Å². The third-order valence-electron chi connectivity index (χ3n) is 2.53. The minimum Gasteiger partial charge on any atom is -0.382 e. The van der Waals surface area contributed by atoms with Gasteiger partial charge in [0.25, 0.3) is 0 Å². The van der Waals surface area contributed by atoms with E-state index < -0.39 is 0 Å². The Morgan fingerprint density at radius 2 is 2.29 bits per heavy atom. The van der Waals surface area contributed by atoms with E-state index in [1.165, 1.54) is 0 Å². The molecule has 0 amide bonds. The lowest BCUT2D eigenvalue weighted by Crippen LogP contribution is -2.51. The van der Waals surface area contributed by atoms with Crippen LogP contribution in [0.2, 0.25) is 0 Å². The van der Waals surface area contributed by atoms with Crippen LogP contribution in [0.15, 0.2) is 0 Å². The molecule has 14 heavy (non-hydrogen) atoms. The summed E-state index contributed by atoms with van der Waals surface area (Å²) < 4.78 is 10.7. The third-order valence-corrected chi connectivity index (χ3v) is 2.70. The molecule has 86 valence electrons. The fraction of sp³-hybridized carbons (Fsp3) is 1.00. The van der Waals surface area contributed by atoms with Gasteiger partial charge < -0.3 is 9.47 Å². The molecule has 0 radical (unpaired) electrons. The summed E-state index contributed by atoms with van der Waals surface area (Å²) in [4.78, 5) is 2.35. The zero-order chi connectivity index (χ0) is 9.68. The molecule has 1 aliphatic heterocycles. The molecule has 1 unspecified atom stereocenters. The second-order valence-electron chi connectivity index (χ2n) is 3.33. The Labute approximate surface area is 97.1 Å². The van der Waals surface area contributed by atoms with Crippen molar-refractivity contribution in [1.29, 1.82) is 0 Å². The molecule has 1 rings (SSSR count). The topological polar surface area (TPSA) is 21.7 Å². The van der Waals surface area contributed by atoms with E-state index in [-0.39, 0.29) is 18.5 Å². The van der Waals surface area contributed by atoms with Gasteiger partial charge in [-0.25, -0.2) is 0 Å². The quantitative estimate of drug-likeness (QED) is 0.697. The molecule has 0 aromatic heterocycles. The Kier molecular flexibility index (Phi) is 7.97. The SMILES string of the molecule is COC[C@H]1OCCN(CCCl)C1C.Cl. The van der Waals surface area contributed by atoms with E-state index in [9.17, 15) is 0 Å². The Morgan fingerprint density at radius 1 is 1.57 bits per heavy atom. The molecule has 0 saturated carbocycles. The van der Waals surface area contributed by atoms with Crippen molar-refractivity contribution in [3.05, 3.63) is 0 Å². The molecule has 1 fully saturated rings. The highest BCUT2D eigenvalue weighted by atomic mass is 35.5. The normalized spacial score (nSPS) is 28.5. The standard InChI is InChI=1S/C9H18ClNO2.ClH/c1-8-9(7-12-2)13-6-5-11(8)4-3-10;/h8-9H,3-7H2,1-2H3;1H/t8?,9-;/m1./s1. The largest absolute Gasteiger partial charge is 0.382 e. The van der Waals surface area contributed by atoms with Gasteiger partial charge in [0, 0.05) is 32.1 Å². The summed E-state index contributed by atoms with van der Waals surface area (Å²) in [7, 11) is 1.70. The molecule has 2 atom stereocenters. The van der Waals surface area contributed by atoms with E-state index in [4.69, 9.17) is 21.1 Å². The Bertz CT molecular complexity index is 131. The van der Waals surface area contributed by atoms with Gasteiger partial charge in [-0.3, -0.25) is 4.90 Å². The van der Waals surface area contributed by atoms with Crippen molar-refractivity contribution in [2.24, 2.45) is 0 Å². The fourth-order valence-electron chi connectivity index (χ4n) is 1.67. The first-order chi connectivity index (χ1) is 6.29. The summed E-state index contributed by atoms with van der Waals surface area (Å²) in [6.45, 7) is 5.53. The predicted octanol–water partition coefficient (Wildman–Crippen LogP) is 1.38. The van der Waals surface area contributed by atoms with Crippen LogP contribution in [-0.2, 0) is 9.47 Å². The van der Waals surface area contributed by atoms with Crippen LogP contribution < -0.4 is 0 Å². The smallest absolute Gasteiger partial charge is 0.0960 e. The van der Waals surface area contributed by atoms with Crippen molar-refractivity contribution in [3.63, 3.8) is 0 Å². The number of morpholine rings is 1. The molecule has 1 heterocycles. The highest BCUT2D eigenvalue weighted by molar-refractivity contribution is 6.18. The lowest BCUT2D eigenvalue weighted by Gasteiger charge is -2.38. The van der Waals surface area contributed by atoms with Gasteiger partial charge >= 0.3 is 0 Å². The minimum atomic E-state index is 0. The van der Waals surface area contributed by atoms with Crippen LogP contribution in [0, 0.1) is 0 Å². The molecular weight excluding hydrogens is 225 g/mol. The lowest BCUT2D eigenvalue weighted by molar-refractivity contribution is -0.0904. The second kappa shape index (κ2) is 7.71. The molecule has 0 spiro atoms. The molecular formula is C9H19Cl2NO2. The highest BCUT2D eigenvalue weighted by Gasteiger charge is 2.27. The van der Waals surface area contributed by atoms with Gasteiger partial charge in [0.2, 0.25) is 0 Å². The Balaban J connectivity index is 0.00000169. The predicted molar refractivity (Wildman–Crippen MR) is 60.6 cm³/mol. The summed E-state index contributed by atoms with van der Waals surface area (Å²) in [6, 6.07) is 0.410. The Hall–Kier alpha value is 0.460. The zero-order valence-electron chi connectivity index (χ0n) is 8.74. The zero-order valence-corrected chi connectivity index (χ0v) is 10.3. The van der Waals surface area contributed by atoms with Crippen LogP contribution in [0.3, 0.4) is 0 Å². The van der Waals surface area contributed by atoms with Gasteiger partial charge in [-0.15, -0.1) is 24.0 Å². The Morgan fingerprint density at radius 3 is 2.86 bits per heavy atom. The first kappa shape index (κ1) is 14.5. The van der Waals surface area contributed by atoms with Gasteiger partial charge in [-0.2, -0.15) is 0 Å². The van der Waals surface area contributed by atoms with Crippen LogP contribution in [-0.4, -0.2) is 56.3 Å². The first-order valence-corrected chi connectivity index (χ1v) is 5.23. The molecule has 0 aromatic carbocycles. The van der Waals surface area contributed by atoms with Gasteiger partial charge in [0.05, 0.1) is 19.3 Å². The number of ether oxygens (including phenoxy) is 2. The molecule has 0 N–H and O–H groups in total. The lowest BCUT2D eigenvalue weighted by atomic mass is 10.1. The van der Waals surface area contributed by atoms with Crippen LogP contribution in [0.1, 0.15) is 6.92 Å². The molecule has 0 aromatic rings. The van der Waals surface area contributed by atoms with Crippen LogP contribution in [0.5, 0.6) is 0 Å². The molecule has 0 bridgehead atoms. The molecule has 5 heteroatoms. The monoisotopic (exact) mass is 243 g/mol. The van der Waals surface area contributed by atoms with E-state index in [0.29, 0.717) is 18.5 Å². The van der Waals surface area contributed by atoms with Crippen molar-refractivity contribution < 1.29 is 9.47 Å². The first-order valence-electron chi connectivity index (χ1n) is 4.70. The van der Waals surface area contributed by atoms with Gasteiger partial charge in [-0.1, -0.05) is 0 Å². The maximum absolute atomic E-state index is 5.71. The number of alkyl halides is 1. The average molecular weight is 244 g/mol. The highest BCUT2D eigenvalue weighted by Crippen LogP contribution is 2.13. The van der Waals surface area contributed by atoms with Crippen molar-refractivity contribution in [1.82, 2.24) is 4.90 Å². The summed E-state index contributed by atoms with van der Waals surface area (Å²) in [5.41, 5.74) is 0. The number of nitrogens with zero attached hydrogens (tertiary/aromatic N) is 1. The molecule has 0 aliphatic carbocycles. The number of hydrogen-bond acceptors (Lipinski definition) is 3. The number of hydrogen-bond donors (Lipinski definition) is 0. The summed E-state index contributed by atoms with van der Waals surface area (Å²) in [6.07, 6.45) is 0.196. The number of halogens is 2. The summed E-state index contributed by atoms with van der Waals surface area (Å²) >= 11 is 5.71. The van der Waals surface area contributed by atoms with Crippen molar-refractivity contribution in [2.75, 3.05) is 39.3 Å². The molecule has 1 aliphatic rings. The summed E-state index contributed by atoms with van der Waals surface area (Å²) in [5, 5.41) is 0. The maximum Gasteiger partial charge on any atom is 0.0960 e. The van der Waals surface area contributed by atoms with Gasteiger partial charge in [0.1, 0.15) is 0 Å². The summed E-state index contributed by atoms with van der Waals surface area (Å²) in [5.74, 6) is 0.685. The van der Waals surface area contributed by atoms with E-state index >= 15 is 0 Å². The van der Waals surface area contributed by atoms with Crippen molar-refractivity contribution in [2.45, 2.75) is 19.1 Å². The van der Waals surface area contributed by atoms with E-state index in [0.717, 1.165) is 19.7 Å². The van der Waals surface area contributed by atoms with Crippen LogP contribution >= 0.6 is 24.0 Å². The second-order valence-corrected chi connectivity index (χ2v) is 3.71. The van der Waals surface area contributed by atoms with Gasteiger partial charge in [-0.05, 0) is 6.92 Å². The van der Waals surface area contributed by atoms with E-state index in [1.54, 1.807) is 7.11 Å². The number of rotatable bonds is 4. The average Bonchev–Trinajstić information content (AvgIpc) is 2.13. The van der Waals surface area contributed by atoms with E-state index in [1.807, 2.05) is 0 Å². The minimum absolute atomic E-state index is 0. The third kappa shape index (κ3) is 3.91. The number of methoxy groups -OCH3 is 1. The van der Waals surface area contributed by atoms with E-state index in [2.05, 4.69) is 11.8 Å². The van der Waals surface area contributed by atoms with Crippen LogP contribution in [0.25, 0.3) is 0 Å². The molecule has 1 saturated heterocycles.